The van der Waals surface area contributed by atoms with Crippen LogP contribution in [-0.4, -0.2) is 46.5 Å². The van der Waals surface area contributed by atoms with Crippen molar-refractivity contribution in [1.29, 1.82) is 0 Å². The van der Waals surface area contributed by atoms with Gasteiger partial charge in [0, 0.05) is 32.3 Å². The summed E-state index contributed by atoms with van der Waals surface area (Å²) in [5.74, 6) is 1.68. The number of hydrogen-bond donors (Lipinski definition) is 2. The molecule has 0 fully saturated rings. The van der Waals surface area contributed by atoms with E-state index in [1.54, 1.807) is 19.2 Å². The number of nitrogens with one attached hydrogen (secondary N) is 2. The highest BCUT2D eigenvalue weighted by Gasteiger charge is 2.11. The number of methoxy groups -OCH3 is 1. The molecular formula is C17H27F2N3O3. The lowest BCUT2D eigenvalue weighted by Gasteiger charge is -2.15. The molecule has 0 radical (unpaired) electrons. The molecule has 1 aromatic rings. The van der Waals surface area contributed by atoms with Crippen LogP contribution in [0.2, 0.25) is 0 Å². The molecule has 0 aliphatic rings. The lowest BCUT2D eigenvalue weighted by atomic mass is 10.2. The van der Waals surface area contributed by atoms with Gasteiger partial charge in [-0.25, -0.2) is 0 Å². The maximum atomic E-state index is 12.5. The Bertz CT molecular complexity index is 540. The smallest absolute Gasteiger partial charge is 0.387 e. The van der Waals surface area contributed by atoms with Crippen LogP contribution in [0.3, 0.4) is 0 Å². The Kier molecular flexibility index (Phi) is 9.61. The van der Waals surface area contributed by atoms with Crippen LogP contribution in [0, 0.1) is 5.92 Å². The van der Waals surface area contributed by atoms with Crippen LogP contribution >= 0.6 is 0 Å². The summed E-state index contributed by atoms with van der Waals surface area (Å²) in [7, 11) is 3.14. The van der Waals surface area contributed by atoms with E-state index in [-0.39, 0.29) is 12.3 Å². The normalized spacial score (nSPS) is 11.8. The first-order chi connectivity index (χ1) is 12.0. The lowest BCUT2D eigenvalue weighted by molar-refractivity contribution is -0.0504. The maximum Gasteiger partial charge on any atom is 0.387 e. The summed E-state index contributed by atoms with van der Waals surface area (Å²) in [5.41, 5.74) is 0.540. The van der Waals surface area contributed by atoms with Gasteiger partial charge in [0.05, 0.1) is 13.7 Å². The number of halogens is 2. The monoisotopic (exact) mass is 359 g/mol. The summed E-state index contributed by atoms with van der Waals surface area (Å²) in [6.45, 7) is 3.38. The first kappa shape index (κ1) is 21.0. The number of alkyl halides is 2. The zero-order valence-electron chi connectivity index (χ0n) is 15.1. The topological polar surface area (TPSA) is 64.1 Å². The van der Waals surface area contributed by atoms with E-state index in [4.69, 9.17) is 9.47 Å². The third-order valence-electron chi connectivity index (χ3n) is 3.14. The number of benzene rings is 1. The second-order valence-corrected chi connectivity index (χ2v) is 5.67. The fraction of sp³-hybridized carbons (Fsp3) is 0.588. The van der Waals surface area contributed by atoms with Gasteiger partial charge in [-0.05, 0) is 24.1 Å². The number of rotatable bonds is 10. The van der Waals surface area contributed by atoms with Crippen LogP contribution < -0.4 is 20.1 Å². The molecule has 6 nitrogen and oxygen atoms in total. The van der Waals surface area contributed by atoms with Gasteiger partial charge in [0.2, 0.25) is 0 Å². The van der Waals surface area contributed by atoms with Crippen molar-refractivity contribution in [3.8, 4) is 11.5 Å². The molecule has 142 valence electrons. The molecule has 0 unspecified atom stereocenters. The van der Waals surface area contributed by atoms with Crippen molar-refractivity contribution < 1.29 is 23.0 Å². The summed E-state index contributed by atoms with van der Waals surface area (Å²) >= 11 is 0. The zero-order valence-corrected chi connectivity index (χ0v) is 15.1. The molecule has 0 aromatic heterocycles. The van der Waals surface area contributed by atoms with Gasteiger partial charge in [-0.15, -0.1) is 0 Å². The average Bonchev–Trinajstić information content (AvgIpc) is 2.57. The molecule has 8 heteroatoms. The summed E-state index contributed by atoms with van der Waals surface area (Å²) in [6.07, 6.45) is 0. The van der Waals surface area contributed by atoms with Gasteiger partial charge in [0.15, 0.2) is 5.96 Å². The Morgan fingerprint density at radius 1 is 1.24 bits per heavy atom. The van der Waals surface area contributed by atoms with Gasteiger partial charge in [-0.3, -0.25) is 4.99 Å². The van der Waals surface area contributed by atoms with E-state index in [1.807, 2.05) is 0 Å². The number of guanidine groups is 1. The van der Waals surface area contributed by atoms with E-state index >= 15 is 0 Å². The van der Waals surface area contributed by atoms with E-state index in [2.05, 4.69) is 34.2 Å². The molecule has 1 aromatic carbocycles. The molecule has 0 aliphatic carbocycles. The van der Waals surface area contributed by atoms with E-state index in [0.29, 0.717) is 42.9 Å². The summed E-state index contributed by atoms with van der Waals surface area (Å²) in [5, 5.41) is 6.15. The minimum atomic E-state index is -2.89. The highest BCUT2D eigenvalue weighted by molar-refractivity contribution is 5.79. The Labute approximate surface area is 147 Å². The van der Waals surface area contributed by atoms with Crippen molar-refractivity contribution in [3.05, 3.63) is 23.8 Å². The van der Waals surface area contributed by atoms with Crippen molar-refractivity contribution in [2.45, 2.75) is 27.0 Å². The summed E-state index contributed by atoms with van der Waals surface area (Å²) in [4.78, 5) is 4.09. The minimum Gasteiger partial charge on any atom is -0.497 e. The van der Waals surface area contributed by atoms with Gasteiger partial charge < -0.3 is 24.8 Å². The molecule has 0 amide bonds. The van der Waals surface area contributed by atoms with Crippen LogP contribution in [0.25, 0.3) is 0 Å². The third-order valence-corrected chi connectivity index (χ3v) is 3.14. The molecular weight excluding hydrogens is 332 g/mol. The Hall–Kier alpha value is -2.09. The molecule has 0 atom stereocenters. The van der Waals surface area contributed by atoms with Crippen LogP contribution in [-0.2, 0) is 11.3 Å². The largest absolute Gasteiger partial charge is 0.497 e. The lowest BCUT2D eigenvalue weighted by Crippen LogP contribution is -2.38. The van der Waals surface area contributed by atoms with Gasteiger partial charge >= 0.3 is 6.61 Å². The first-order valence-electron chi connectivity index (χ1n) is 8.10. The molecule has 0 spiro atoms. The molecule has 0 saturated heterocycles. The van der Waals surface area contributed by atoms with Crippen molar-refractivity contribution >= 4 is 5.96 Å². The van der Waals surface area contributed by atoms with E-state index in [0.717, 1.165) is 0 Å². The second-order valence-electron chi connectivity index (χ2n) is 5.67. The highest BCUT2D eigenvalue weighted by atomic mass is 19.3. The van der Waals surface area contributed by atoms with Gasteiger partial charge in [0.25, 0.3) is 0 Å². The predicted octanol–water partition coefficient (Wildman–Crippen LogP) is 2.63. The molecule has 0 bridgehead atoms. The van der Waals surface area contributed by atoms with Crippen LogP contribution in [0.15, 0.2) is 23.2 Å². The summed E-state index contributed by atoms with van der Waals surface area (Å²) in [6, 6.07) is 4.67. The van der Waals surface area contributed by atoms with Gasteiger partial charge in [-0.1, -0.05) is 13.8 Å². The van der Waals surface area contributed by atoms with E-state index in [1.165, 1.54) is 13.2 Å². The number of hydrogen-bond acceptors (Lipinski definition) is 4. The molecule has 25 heavy (non-hydrogen) atoms. The first-order valence-corrected chi connectivity index (χ1v) is 8.10. The van der Waals surface area contributed by atoms with E-state index in [9.17, 15) is 8.78 Å². The van der Waals surface area contributed by atoms with Crippen LogP contribution in [0.4, 0.5) is 8.78 Å². The van der Waals surface area contributed by atoms with E-state index < -0.39 is 6.61 Å². The Morgan fingerprint density at radius 3 is 2.60 bits per heavy atom. The van der Waals surface area contributed by atoms with Gasteiger partial charge in [-0.2, -0.15) is 8.78 Å². The molecule has 1 rings (SSSR count). The standard InChI is InChI=1S/C17H27F2N3O3/c1-12(2)11-24-8-7-21-17(20-3)22-10-13-9-14(23-4)5-6-15(13)25-16(18)19/h5-6,9,12,16H,7-8,10-11H2,1-4H3,(H2,20,21,22). The number of aliphatic imine (C=N–C) groups is 1. The molecule has 0 aliphatic heterocycles. The summed E-state index contributed by atoms with van der Waals surface area (Å²) < 4.78 is 40.2. The quantitative estimate of drug-likeness (QED) is 0.382. The molecule has 0 heterocycles. The fourth-order valence-corrected chi connectivity index (χ4v) is 1.99. The number of nitrogens with zero attached hydrogens (tertiary/aromatic N) is 1. The van der Waals surface area contributed by atoms with Crippen LogP contribution in [0.1, 0.15) is 19.4 Å². The second kappa shape index (κ2) is 11.5. The van der Waals surface area contributed by atoms with Crippen molar-refractivity contribution in [2.75, 3.05) is 33.9 Å². The molecule has 2 N–H and O–H groups in total. The Morgan fingerprint density at radius 2 is 2.00 bits per heavy atom. The van der Waals surface area contributed by atoms with Crippen molar-refractivity contribution in [2.24, 2.45) is 10.9 Å². The minimum absolute atomic E-state index is 0.0963. The Balaban J connectivity index is 2.55. The average molecular weight is 359 g/mol. The highest BCUT2D eigenvalue weighted by Crippen LogP contribution is 2.25. The predicted molar refractivity (Wildman–Crippen MR) is 93.5 cm³/mol. The molecule has 0 saturated carbocycles. The van der Waals surface area contributed by atoms with Crippen molar-refractivity contribution in [1.82, 2.24) is 10.6 Å². The number of ether oxygens (including phenoxy) is 3. The third kappa shape index (κ3) is 8.53. The van der Waals surface area contributed by atoms with Crippen molar-refractivity contribution in [3.63, 3.8) is 0 Å². The fourth-order valence-electron chi connectivity index (χ4n) is 1.99. The van der Waals surface area contributed by atoms with Gasteiger partial charge in [0.1, 0.15) is 11.5 Å². The SMILES string of the molecule is CN=C(NCCOCC(C)C)NCc1cc(OC)ccc1OC(F)F. The maximum absolute atomic E-state index is 12.5. The zero-order chi connectivity index (χ0) is 18.7. The van der Waals surface area contributed by atoms with Crippen LogP contribution in [0.5, 0.6) is 11.5 Å².